The molecule has 0 unspecified atom stereocenters. The predicted octanol–water partition coefficient (Wildman–Crippen LogP) is 0.836. The first-order valence-corrected chi connectivity index (χ1v) is 9.43. The van der Waals surface area contributed by atoms with E-state index in [0.29, 0.717) is 44.7 Å². The van der Waals surface area contributed by atoms with Gasteiger partial charge in [-0.1, -0.05) is 6.92 Å². The number of hydrogen-bond donors (Lipinski definition) is 1. The maximum atomic E-state index is 12.7. The number of amides is 3. The summed E-state index contributed by atoms with van der Waals surface area (Å²) in [6.45, 7) is 6.33. The number of likely N-dealkylation sites (tertiary alicyclic amines) is 1. The van der Waals surface area contributed by atoms with Crippen molar-refractivity contribution in [2.24, 2.45) is 0 Å². The van der Waals surface area contributed by atoms with Gasteiger partial charge in [0.25, 0.3) is 0 Å². The molecule has 8 heteroatoms. The van der Waals surface area contributed by atoms with Crippen LogP contribution >= 0.6 is 0 Å². The van der Waals surface area contributed by atoms with E-state index in [1.807, 2.05) is 24.8 Å². The number of nitrogens with zero attached hydrogens (tertiary/aromatic N) is 4. The van der Waals surface area contributed by atoms with Crippen molar-refractivity contribution in [3.63, 3.8) is 0 Å². The second kappa shape index (κ2) is 7.88. The first-order valence-electron chi connectivity index (χ1n) is 9.43. The molecular formula is C18H27N5O3. The van der Waals surface area contributed by atoms with E-state index in [2.05, 4.69) is 10.4 Å². The quantitative estimate of drug-likeness (QED) is 0.729. The van der Waals surface area contributed by atoms with E-state index in [4.69, 9.17) is 0 Å². The number of hydrogen-bond acceptors (Lipinski definition) is 4. The number of rotatable bonds is 7. The van der Waals surface area contributed by atoms with E-state index in [1.54, 1.807) is 9.58 Å². The lowest BCUT2D eigenvalue weighted by Crippen LogP contribution is -2.52. The Kier molecular flexibility index (Phi) is 5.58. The highest BCUT2D eigenvalue weighted by Crippen LogP contribution is 2.26. The Labute approximate surface area is 153 Å². The Balaban J connectivity index is 1.58. The Morgan fingerprint density at radius 3 is 2.77 bits per heavy atom. The van der Waals surface area contributed by atoms with Crippen LogP contribution in [0.25, 0.3) is 0 Å². The normalized spacial score (nSPS) is 18.2. The van der Waals surface area contributed by atoms with Crippen molar-refractivity contribution < 1.29 is 14.4 Å². The topological polar surface area (TPSA) is 87.5 Å². The van der Waals surface area contributed by atoms with Crippen LogP contribution in [0, 0.1) is 6.92 Å². The standard InChI is InChI=1S/C18H27N5O3/c1-3-14(18(26)19-8-5-10-21-9-4-6-16(21)24)23-15-12-13(2)20-22(15)11-7-17(23)25/h12,14H,3-11H2,1-2H3,(H,19,26)/t14-/m0/s1. The molecule has 142 valence electrons. The van der Waals surface area contributed by atoms with Gasteiger partial charge in [-0.25, -0.2) is 4.68 Å². The summed E-state index contributed by atoms with van der Waals surface area (Å²) in [5.74, 6) is 0.705. The lowest BCUT2D eigenvalue weighted by atomic mass is 10.1. The molecule has 8 nitrogen and oxygen atoms in total. The van der Waals surface area contributed by atoms with Crippen molar-refractivity contribution in [3.8, 4) is 0 Å². The second-order valence-electron chi connectivity index (χ2n) is 6.93. The molecule has 1 saturated heterocycles. The molecule has 2 aliphatic heterocycles. The van der Waals surface area contributed by atoms with Gasteiger partial charge >= 0.3 is 0 Å². The summed E-state index contributed by atoms with van der Waals surface area (Å²) in [5, 5.41) is 7.32. The molecule has 0 aliphatic carbocycles. The van der Waals surface area contributed by atoms with E-state index in [-0.39, 0.29) is 17.7 Å². The molecule has 1 fully saturated rings. The first-order chi connectivity index (χ1) is 12.5. The first kappa shape index (κ1) is 18.4. The van der Waals surface area contributed by atoms with Gasteiger partial charge in [-0.15, -0.1) is 0 Å². The highest BCUT2D eigenvalue weighted by molar-refractivity contribution is 6.00. The molecule has 3 amide bonds. The van der Waals surface area contributed by atoms with Gasteiger partial charge < -0.3 is 10.2 Å². The molecule has 0 bridgehead atoms. The molecule has 3 heterocycles. The van der Waals surface area contributed by atoms with Gasteiger partial charge in [-0.2, -0.15) is 5.10 Å². The SMILES string of the molecule is CC[C@@H](C(=O)NCCCN1CCCC1=O)N1C(=O)CCn2nc(C)cc21. The van der Waals surface area contributed by atoms with Crippen LogP contribution < -0.4 is 10.2 Å². The Bertz CT molecular complexity index is 699. The van der Waals surface area contributed by atoms with Crippen LogP contribution in [0.15, 0.2) is 6.07 Å². The lowest BCUT2D eigenvalue weighted by molar-refractivity contribution is -0.128. The van der Waals surface area contributed by atoms with Gasteiger partial charge in [0, 0.05) is 38.5 Å². The third-order valence-electron chi connectivity index (χ3n) is 5.01. The van der Waals surface area contributed by atoms with Crippen molar-refractivity contribution in [3.05, 3.63) is 11.8 Å². The van der Waals surface area contributed by atoms with Crippen LogP contribution in [0.3, 0.4) is 0 Å². The van der Waals surface area contributed by atoms with Gasteiger partial charge in [0.1, 0.15) is 11.9 Å². The van der Waals surface area contributed by atoms with Crippen LogP contribution in [-0.2, 0) is 20.9 Å². The number of carbonyl (C=O) groups excluding carboxylic acids is 3. The molecule has 0 spiro atoms. The van der Waals surface area contributed by atoms with Crippen molar-refractivity contribution >= 4 is 23.5 Å². The highest BCUT2D eigenvalue weighted by Gasteiger charge is 2.34. The summed E-state index contributed by atoms with van der Waals surface area (Å²) in [4.78, 5) is 40.2. The molecule has 2 aliphatic rings. The fraction of sp³-hybridized carbons (Fsp3) is 0.667. The van der Waals surface area contributed by atoms with Gasteiger partial charge in [0.15, 0.2) is 0 Å². The summed E-state index contributed by atoms with van der Waals surface area (Å²) < 4.78 is 1.80. The van der Waals surface area contributed by atoms with Crippen molar-refractivity contribution in [2.45, 2.75) is 58.5 Å². The number of nitrogens with one attached hydrogen (secondary N) is 1. The van der Waals surface area contributed by atoms with Gasteiger partial charge in [0.05, 0.1) is 12.2 Å². The van der Waals surface area contributed by atoms with Crippen molar-refractivity contribution in [2.75, 3.05) is 24.5 Å². The molecule has 1 aromatic heterocycles. The fourth-order valence-electron chi connectivity index (χ4n) is 3.70. The van der Waals surface area contributed by atoms with Crippen LogP contribution in [0.2, 0.25) is 0 Å². The molecule has 0 aromatic carbocycles. The Morgan fingerprint density at radius 1 is 1.27 bits per heavy atom. The van der Waals surface area contributed by atoms with Crippen molar-refractivity contribution in [1.29, 1.82) is 0 Å². The highest BCUT2D eigenvalue weighted by atomic mass is 16.2. The van der Waals surface area contributed by atoms with Gasteiger partial charge in [-0.3, -0.25) is 19.3 Å². The van der Waals surface area contributed by atoms with E-state index < -0.39 is 6.04 Å². The van der Waals surface area contributed by atoms with E-state index in [0.717, 1.165) is 25.1 Å². The molecule has 0 saturated carbocycles. The monoisotopic (exact) mass is 361 g/mol. The summed E-state index contributed by atoms with van der Waals surface area (Å²) >= 11 is 0. The number of aromatic nitrogens is 2. The summed E-state index contributed by atoms with van der Waals surface area (Å²) in [6.07, 6.45) is 3.17. The van der Waals surface area contributed by atoms with Crippen molar-refractivity contribution in [1.82, 2.24) is 20.0 Å². The van der Waals surface area contributed by atoms with Gasteiger partial charge in [0.2, 0.25) is 17.7 Å². The summed E-state index contributed by atoms with van der Waals surface area (Å²) in [6, 6.07) is 1.32. The Hall–Kier alpha value is -2.38. The summed E-state index contributed by atoms with van der Waals surface area (Å²) in [5.41, 5.74) is 0.838. The molecule has 1 aromatic rings. The third kappa shape index (κ3) is 3.73. The summed E-state index contributed by atoms with van der Waals surface area (Å²) in [7, 11) is 0. The number of fused-ring (bicyclic) bond motifs is 1. The molecule has 1 N–H and O–H groups in total. The van der Waals surface area contributed by atoms with Crippen LogP contribution in [0.4, 0.5) is 5.82 Å². The Morgan fingerprint density at radius 2 is 2.08 bits per heavy atom. The molecular weight excluding hydrogens is 334 g/mol. The lowest BCUT2D eigenvalue weighted by Gasteiger charge is -2.33. The molecule has 26 heavy (non-hydrogen) atoms. The van der Waals surface area contributed by atoms with E-state index in [1.165, 1.54) is 0 Å². The fourth-order valence-corrected chi connectivity index (χ4v) is 3.70. The van der Waals surface area contributed by atoms with Gasteiger partial charge in [-0.05, 0) is 26.2 Å². The average molecular weight is 361 g/mol. The molecule has 1 atom stereocenters. The average Bonchev–Trinajstić information content (AvgIpc) is 3.19. The van der Waals surface area contributed by atoms with Crippen LogP contribution in [-0.4, -0.2) is 58.1 Å². The largest absolute Gasteiger partial charge is 0.354 e. The minimum absolute atomic E-state index is 0.0398. The number of anilines is 1. The van der Waals surface area contributed by atoms with E-state index in [9.17, 15) is 14.4 Å². The van der Waals surface area contributed by atoms with E-state index >= 15 is 0 Å². The zero-order valence-electron chi connectivity index (χ0n) is 15.5. The minimum Gasteiger partial charge on any atom is -0.354 e. The predicted molar refractivity (Wildman–Crippen MR) is 96.6 cm³/mol. The minimum atomic E-state index is -0.536. The zero-order chi connectivity index (χ0) is 18.7. The molecule has 3 rings (SSSR count). The number of aryl methyl sites for hydroxylation is 2. The zero-order valence-corrected chi connectivity index (χ0v) is 15.5. The number of carbonyl (C=O) groups is 3. The second-order valence-corrected chi connectivity index (χ2v) is 6.93. The smallest absolute Gasteiger partial charge is 0.243 e. The maximum Gasteiger partial charge on any atom is 0.243 e. The molecule has 0 radical (unpaired) electrons. The van der Waals surface area contributed by atoms with Crippen LogP contribution in [0.1, 0.15) is 44.7 Å². The third-order valence-corrected chi connectivity index (χ3v) is 5.01. The van der Waals surface area contributed by atoms with Crippen LogP contribution in [0.5, 0.6) is 0 Å². The maximum absolute atomic E-state index is 12.7.